The molecule has 0 aliphatic carbocycles. The van der Waals surface area contributed by atoms with Crippen LogP contribution in [0.1, 0.15) is 25.6 Å². The van der Waals surface area contributed by atoms with Crippen LogP contribution in [0.15, 0.2) is 41.0 Å². The fourth-order valence-corrected chi connectivity index (χ4v) is 2.26. The molecule has 2 rings (SSSR count). The lowest BCUT2D eigenvalue weighted by Gasteiger charge is -2.15. The number of nitrogens with zero attached hydrogens (tertiary/aromatic N) is 2. The number of carboxylic acids is 1. The highest BCUT2D eigenvalue weighted by atomic mass is 79.9. The average molecular weight is 335 g/mol. The van der Waals surface area contributed by atoms with Gasteiger partial charge in [0, 0.05) is 16.2 Å². The zero-order valence-corrected chi connectivity index (χ0v) is 12.8. The highest BCUT2D eigenvalue weighted by Gasteiger charge is 2.26. The van der Waals surface area contributed by atoms with Gasteiger partial charge in [0.2, 0.25) is 0 Å². The zero-order chi connectivity index (χ0) is 14.7. The topological polar surface area (TPSA) is 63.1 Å². The first-order chi connectivity index (χ1) is 9.49. The van der Waals surface area contributed by atoms with Crippen molar-refractivity contribution in [2.75, 3.05) is 0 Å². The Bertz CT molecular complexity index is 612. The summed E-state index contributed by atoms with van der Waals surface area (Å²) in [7, 11) is 0. The Hall–Kier alpha value is -1.75. The van der Waals surface area contributed by atoms with Gasteiger partial charge in [-0.05, 0) is 24.1 Å². The Morgan fingerprint density at radius 3 is 2.40 bits per heavy atom. The molecule has 1 aromatic heterocycles. The van der Waals surface area contributed by atoms with E-state index in [1.807, 2.05) is 38.1 Å². The van der Waals surface area contributed by atoms with Crippen LogP contribution in [0.2, 0.25) is 0 Å². The minimum atomic E-state index is -0.895. The van der Waals surface area contributed by atoms with Crippen molar-refractivity contribution in [2.45, 2.75) is 19.8 Å². The van der Waals surface area contributed by atoms with E-state index < -0.39 is 11.9 Å². The van der Waals surface area contributed by atoms with Gasteiger partial charge in [0.05, 0.1) is 5.69 Å². The second-order valence-corrected chi connectivity index (χ2v) is 5.78. The molecule has 0 aliphatic rings. The van der Waals surface area contributed by atoms with Crippen LogP contribution in [0.25, 0.3) is 11.3 Å². The van der Waals surface area contributed by atoms with E-state index in [9.17, 15) is 9.90 Å². The standard InChI is InChI=1S/C15H15BrN2O2/c1-9(2)13(15(19)20)14-17-8-7-12(18-14)10-3-5-11(16)6-4-10/h3-9,13H,1-2H3,(H,19,20). The minimum absolute atomic E-state index is 0.0623. The molecule has 1 unspecified atom stereocenters. The third-order valence-electron chi connectivity index (χ3n) is 3.03. The first-order valence-corrected chi connectivity index (χ1v) is 7.10. The van der Waals surface area contributed by atoms with Crippen molar-refractivity contribution in [3.63, 3.8) is 0 Å². The summed E-state index contributed by atoms with van der Waals surface area (Å²) in [6.45, 7) is 3.71. The van der Waals surface area contributed by atoms with E-state index in [4.69, 9.17) is 0 Å². The first-order valence-electron chi connectivity index (χ1n) is 6.30. The van der Waals surface area contributed by atoms with Gasteiger partial charge in [0.15, 0.2) is 0 Å². The van der Waals surface area contributed by atoms with Gasteiger partial charge in [0.25, 0.3) is 0 Å². The smallest absolute Gasteiger partial charge is 0.314 e. The summed E-state index contributed by atoms with van der Waals surface area (Å²) >= 11 is 3.38. The van der Waals surface area contributed by atoms with Gasteiger partial charge in [-0.15, -0.1) is 0 Å². The van der Waals surface area contributed by atoms with Crippen molar-refractivity contribution in [3.05, 3.63) is 46.8 Å². The number of carbonyl (C=O) groups is 1. The van der Waals surface area contributed by atoms with E-state index in [2.05, 4.69) is 25.9 Å². The molecule has 0 fully saturated rings. The number of aromatic nitrogens is 2. The van der Waals surface area contributed by atoms with Gasteiger partial charge in [-0.1, -0.05) is 41.9 Å². The molecule has 1 aromatic carbocycles. The molecule has 0 aliphatic heterocycles. The van der Waals surface area contributed by atoms with Gasteiger partial charge in [-0.2, -0.15) is 0 Å². The summed E-state index contributed by atoms with van der Waals surface area (Å²) in [5.41, 5.74) is 1.67. The SMILES string of the molecule is CC(C)C(C(=O)O)c1nccc(-c2ccc(Br)cc2)n1. The summed E-state index contributed by atoms with van der Waals surface area (Å²) in [5, 5.41) is 9.31. The molecule has 1 atom stereocenters. The third kappa shape index (κ3) is 3.22. The van der Waals surface area contributed by atoms with Crippen LogP contribution in [0.3, 0.4) is 0 Å². The average Bonchev–Trinajstić information content (AvgIpc) is 2.39. The second-order valence-electron chi connectivity index (χ2n) is 4.87. The van der Waals surface area contributed by atoms with Gasteiger partial charge in [-0.3, -0.25) is 4.79 Å². The van der Waals surface area contributed by atoms with Crippen LogP contribution in [0.5, 0.6) is 0 Å². The van der Waals surface area contributed by atoms with E-state index in [-0.39, 0.29) is 5.92 Å². The lowest BCUT2D eigenvalue weighted by Crippen LogP contribution is -2.20. The molecular weight excluding hydrogens is 320 g/mol. The molecule has 4 nitrogen and oxygen atoms in total. The lowest BCUT2D eigenvalue weighted by molar-refractivity contribution is -0.140. The Morgan fingerprint density at radius 1 is 1.20 bits per heavy atom. The molecule has 1 N–H and O–H groups in total. The highest BCUT2D eigenvalue weighted by Crippen LogP contribution is 2.25. The molecule has 5 heteroatoms. The van der Waals surface area contributed by atoms with Crippen LogP contribution in [0, 0.1) is 5.92 Å². The fourth-order valence-electron chi connectivity index (χ4n) is 2.00. The number of aliphatic carboxylic acids is 1. The van der Waals surface area contributed by atoms with Crippen LogP contribution in [-0.2, 0) is 4.79 Å². The quantitative estimate of drug-likeness (QED) is 0.925. The Kier molecular flexibility index (Phi) is 4.49. The molecule has 1 heterocycles. The highest BCUT2D eigenvalue weighted by molar-refractivity contribution is 9.10. The number of hydrogen-bond donors (Lipinski definition) is 1. The molecule has 104 valence electrons. The minimum Gasteiger partial charge on any atom is -0.481 e. The molecule has 0 amide bonds. The zero-order valence-electron chi connectivity index (χ0n) is 11.2. The number of benzene rings is 1. The van der Waals surface area contributed by atoms with Gasteiger partial charge < -0.3 is 5.11 Å². The van der Waals surface area contributed by atoms with Gasteiger partial charge in [0.1, 0.15) is 11.7 Å². The number of rotatable bonds is 4. The molecule has 2 aromatic rings. The van der Waals surface area contributed by atoms with Crippen LogP contribution in [-0.4, -0.2) is 21.0 Å². The van der Waals surface area contributed by atoms with Crippen molar-refractivity contribution in [1.29, 1.82) is 0 Å². The summed E-state index contributed by atoms with van der Waals surface area (Å²) in [4.78, 5) is 19.9. The molecule has 0 saturated heterocycles. The van der Waals surface area contributed by atoms with Crippen LogP contribution in [0.4, 0.5) is 0 Å². The lowest BCUT2D eigenvalue weighted by atomic mass is 9.95. The summed E-state index contributed by atoms with van der Waals surface area (Å²) in [6, 6.07) is 9.50. The molecule has 0 bridgehead atoms. The van der Waals surface area contributed by atoms with Crippen LogP contribution < -0.4 is 0 Å². The third-order valence-corrected chi connectivity index (χ3v) is 3.55. The van der Waals surface area contributed by atoms with Crippen molar-refractivity contribution in [1.82, 2.24) is 9.97 Å². The van der Waals surface area contributed by atoms with Crippen molar-refractivity contribution < 1.29 is 9.90 Å². The van der Waals surface area contributed by atoms with Crippen molar-refractivity contribution in [2.24, 2.45) is 5.92 Å². The van der Waals surface area contributed by atoms with E-state index in [0.717, 1.165) is 15.7 Å². The first kappa shape index (κ1) is 14.7. The van der Waals surface area contributed by atoms with E-state index >= 15 is 0 Å². The molecule has 0 saturated carbocycles. The number of carboxylic acid groups (broad SMARTS) is 1. The Morgan fingerprint density at radius 2 is 1.85 bits per heavy atom. The normalized spacial score (nSPS) is 12.4. The van der Waals surface area contributed by atoms with Gasteiger partial charge >= 0.3 is 5.97 Å². The number of halogens is 1. The van der Waals surface area contributed by atoms with Crippen molar-refractivity contribution >= 4 is 21.9 Å². The molecule has 0 spiro atoms. The maximum absolute atomic E-state index is 11.3. The predicted octanol–water partition coefficient (Wildman–Crippen LogP) is 3.73. The van der Waals surface area contributed by atoms with Crippen LogP contribution >= 0.6 is 15.9 Å². The fraction of sp³-hybridized carbons (Fsp3) is 0.267. The Balaban J connectivity index is 2.41. The number of hydrogen-bond acceptors (Lipinski definition) is 3. The maximum atomic E-state index is 11.3. The summed E-state index contributed by atoms with van der Waals surface area (Å²) in [5.74, 6) is -1.29. The summed E-state index contributed by atoms with van der Waals surface area (Å²) in [6.07, 6.45) is 1.61. The molecule has 0 radical (unpaired) electrons. The second kappa shape index (κ2) is 6.13. The molecular formula is C15H15BrN2O2. The van der Waals surface area contributed by atoms with Gasteiger partial charge in [-0.25, -0.2) is 9.97 Å². The van der Waals surface area contributed by atoms with E-state index in [0.29, 0.717) is 5.82 Å². The largest absolute Gasteiger partial charge is 0.481 e. The Labute approximate surface area is 126 Å². The van der Waals surface area contributed by atoms with E-state index in [1.54, 1.807) is 12.3 Å². The van der Waals surface area contributed by atoms with Crippen molar-refractivity contribution in [3.8, 4) is 11.3 Å². The maximum Gasteiger partial charge on any atom is 0.314 e. The predicted molar refractivity (Wildman–Crippen MR) is 80.4 cm³/mol. The summed E-state index contributed by atoms with van der Waals surface area (Å²) < 4.78 is 0.987. The molecule has 20 heavy (non-hydrogen) atoms. The monoisotopic (exact) mass is 334 g/mol. The van der Waals surface area contributed by atoms with E-state index in [1.165, 1.54) is 0 Å².